The fraction of sp³-hybridized carbons (Fsp3) is 0.381. The van der Waals surface area contributed by atoms with E-state index in [4.69, 9.17) is 9.47 Å². The van der Waals surface area contributed by atoms with Crippen molar-refractivity contribution in [3.8, 4) is 0 Å². The van der Waals surface area contributed by atoms with Gasteiger partial charge in [-0.05, 0) is 38.1 Å². The molecule has 2 rings (SSSR count). The van der Waals surface area contributed by atoms with Crippen LogP contribution in [0.25, 0.3) is 0 Å². The van der Waals surface area contributed by atoms with E-state index < -0.39 is 11.9 Å². The lowest BCUT2D eigenvalue weighted by Crippen LogP contribution is -2.36. The average molecular weight is 478 g/mol. The van der Waals surface area contributed by atoms with Gasteiger partial charge in [0, 0.05) is 11.9 Å². The Labute approximate surface area is 183 Å². The predicted octanol–water partition coefficient (Wildman–Crippen LogP) is 2.53. The second-order valence-corrected chi connectivity index (χ2v) is 6.81. The predicted molar refractivity (Wildman–Crippen MR) is 113 cm³/mol. The van der Waals surface area contributed by atoms with Crippen molar-refractivity contribution in [3.05, 3.63) is 59.2 Å². The van der Waals surface area contributed by atoms with E-state index in [1.165, 1.54) is 0 Å². The largest absolute Gasteiger partial charge is 0.465 e. The standard InChI is InChI=1S/C21H24BrN3O5/c1-3-29-19(26)13-25(14-20(27)30-4-2)12-16-8-6-10-18(24-16)21(28)17-9-5-7-15(11-22)23-17/h5-10H,3-4,11-14H2,1-2H3. The van der Waals surface area contributed by atoms with Gasteiger partial charge in [-0.1, -0.05) is 28.1 Å². The van der Waals surface area contributed by atoms with Gasteiger partial charge in [0.2, 0.25) is 5.78 Å². The summed E-state index contributed by atoms with van der Waals surface area (Å²) in [7, 11) is 0. The molecular weight excluding hydrogens is 454 g/mol. The highest BCUT2D eigenvalue weighted by atomic mass is 79.9. The summed E-state index contributed by atoms with van der Waals surface area (Å²) in [5.74, 6) is -1.21. The number of aromatic nitrogens is 2. The van der Waals surface area contributed by atoms with Crippen LogP contribution in [0.5, 0.6) is 0 Å². The van der Waals surface area contributed by atoms with Crippen LogP contribution in [0.1, 0.15) is 41.4 Å². The number of hydrogen-bond donors (Lipinski definition) is 0. The van der Waals surface area contributed by atoms with Crippen molar-refractivity contribution in [2.24, 2.45) is 0 Å². The summed E-state index contributed by atoms with van der Waals surface area (Å²) in [6.07, 6.45) is 0. The van der Waals surface area contributed by atoms with Gasteiger partial charge in [-0.25, -0.2) is 9.97 Å². The van der Waals surface area contributed by atoms with Crippen molar-refractivity contribution in [2.45, 2.75) is 25.7 Å². The zero-order valence-corrected chi connectivity index (χ0v) is 18.6. The van der Waals surface area contributed by atoms with Gasteiger partial charge < -0.3 is 9.47 Å². The van der Waals surface area contributed by atoms with E-state index in [0.717, 1.165) is 5.69 Å². The minimum Gasteiger partial charge on any atom is -0.465 e. The molecule has 0 atom stereocenters. The number of alkyl halides is 1. The SMILES string of the molecule is CCOC(=O)CN(CC(=O)OCC)Cc1cccc(C(=O)c2cccc(CBr)n2)n1. The molecule has 0 bridgehead atoms. The van der Waals surface area contributed by atoms with E-state index in [0.29, 0.717) is 16.7 Å². The monoisotopic (exact) mass is 477 g/mol. The van der Waals surface area contributed by atoms with Crippen molar-refractivity contribution in [3.63, 3.8) is 0 Å². The van der Waals surface area contributed by atoms with Crippen LogP contribution < -0.4 is 0 Å². The zero-order valence-electron chi connectivity index (χ0n) is 17.0. The molecule has 0 radical (unpaired) electrons. The third-order valence-electron chi connectivity index (χ3n) is 3.92. The molecule has 9 heteroatoms. The number of carbonyl (C=O) groups excluding carboxylic acids is 3. The summed E-state index contributed by atoms with van der Waals surface area (Å²) in [5, 5.41) is 0.540. The summed E-state index contributed by atoms with van der Waals surface area (Å²) in [6.45, 7) is 3.89. The second kappa shape index (κ2) is 12.1. The van der Waals surface area contributed by atoms with E-state index in [2.05, 4.69) is 25.9 Å². The molecule has 0 fully saturated rings. The lowest BCUT2D eigenvalue weighted by molar-refractivity contribution is -0.148. The van der Waals surface area contributed by atoms with Crippen molar-refractivity contribution in [2.75, 3.05) is 26.3 Å². The minimum atomic E-state index is -0.454. The van der Waals surface area contributed by atoms with Crippen LogP contribution in [0.4, 0.5) is 0 Å². The van der Waals surface area contributed by atoms with E-state index in [9.17, 15) is 14.4 Å². The highest BCUT2D eigenvalue weighted by molar-refractivity contribution is 9.08. The highest BCUT2D eigenvalue weighted by Crippen LogP contribution is 2.11. The summed E-state index contributed by atoms with van der Waals surface area (Å²) in [5.41, 5.74) is 1.81. The van der Waals surface area contributed by atoms with Crippen molar-refractivity contribution < 1.29 is 23.9 Å². The quantitative estimate of drug-likeness (QED) is 0.276. The Kier molecular flexibility index (Phi) is 9.56. The van der Waals surface area contributed by atoms with Crippen molar-refractivity contribution in [1.29, 1.82) is 0 Å². The molecule has 0 N–H and O–H groups in total. The molecule has 2 heterocycles. The van der Waals surface area contributed by atoms with Gasteiger partial charge in [0.25, 0.3) is 0 Å². The minimum absolute atomic E-state index is 0.0959. The third kappa shape index (κ3) is 7.31. The first-order chi connectivity index (χ1) is 14.5. The molecule has 0 unspecified atom stereocenters. The van der Waals surface area contributed by atoms with Gasteiger partial charge in [0.1, 0.15) is 11.4 Å². The first-order valence-electron chi connectivity index (χ1n) is 9.52. The third-order valence-corrected chi connectivity index (χ3v) is 4.49. The van der Waals surface area contributed by atoms with Crippen LogP contribution in [0.3, 0.4) is 0 Å². The van der Waals surface area contributed by atoms with Gasteiger partial charge in [0.05, 0.1) is 37.7 Å². The number of rotatable bonds is 11. The molecule has 2 aromatic heterocycles. The molecular formula is C21H24BrN3O5. The molecule has 30 heavy (non-hydrogen) atoms. The molecule has 0 aromatic carbocycles. The lowest BCUT2D eigenvalue weighted by Gasteiger charge is -2.20. The van der Waals surface area contributed by atoms with Gasteiger partial charge in [-0.2, -0.15) is 0 Å². The van der Waals surface area contributed by atoms with E-state index in [-0.39, 0.29) is 44.3 Å². The molecule has 0 aliphatic carbocycles. The smallest absolute Gasteiger partial charge is 0.320 e. The molecule has 0 saturated carbocycles. The normalized spacial score (nSPS) is 10.7. The molecule has 0 aliphatic rings. The van der Waals surface area contributed by atoms with Crippen molar-refractivity contribution >= 4 is 33.7 Å². The Hall–Kier alpha value is -2.65. The van der Waals surface area contributed by atoms with Crippen molar-refractivity contribution in [1.82, 2.24) is 14.9 Å². The van der Waals surface area contributed by atoms with Gasteiger partial charge in [-0.3, -0.25) is 19.3 Å². The lowest BCUT2D eigenvalue weighted by atomic mass is 10.1. The van der Waals surface area contributed by atoms with Crippen LogP contribution in [0, 0.1) is 0 Å². The summed E-state index contributed by atoms with van der Waals surface area (Å²) >= 11 is 3.33. The Bertz CT molecular complexity index is 870. The zero-order chi connectivity index (χ0) is 21.9. The van der Waals surface area contributed by atoms with E-state index in [1.807, 2.05) is 6.07 Å². The Balaban J connectivity index is 2.18. The summed E-state index contributed by atoms with van der Waals surface area (Å²) in [4.78, 5) is 46.9. The van der Waals surface area contributed by atoms with Crippen LogP contribution in [0.15, 0.2) is 36.4 Å². The number of ether oxygens (including phenoxy) is 2. The van der Waals surface area contributed by atoms with Crippen LogP contribution in [-0.2, 0) is 30.9 Å². The molecule has 8 nitrogen and oxygen atoms in total. The molecule has 160 valence electrons. The topological polar surface area (TPSA) is 98.7 Å². The molecule has 0 spiro atoms. The molecule has 0 amide bonds. The maximum Gasteiger partial charge on any atom is 0.320 e. The summed E-state index contributed by atoms with van der Waals surface area (Å²) in [6, 6.07) is 10.3. The van der Waals surface area contributed by atoms with Crippen LogP contribution in [0.2, 0.25) is 0 Å². The van der Waals surface area contributed by atoms with E-state index in [1.54, 1.807) is 49.1 Å². The van der Waals surface area contributed by atoms with Crippen LogP contribution >= 0.6 is 15.9 Å². The second-order valence-electron chi connectivity index (χ2n) is 6.25. The number of pyridine rings is 2. The number of esters is 2. The molecule has 0 aliphatic heterocycles. The first kappa shape index (κ1) is 23.6. The van der Waals surface area contributed by atoms with Gasteiger partial charge in [-0.15, -0.1) is 0 Å². The van der Waals surface area contributed by atoms with E-state index >= 15 is 0 Å². The maximum absolute atomic E-state index is 12.8. The number of ketones is 1. The number of halogens is 1. The Morgan fingerprint density at radius 3 is 1.87 bits per heavy atom. The van der Waals surface area contributed by atoms with Gasteiger partial charge in [0.15, 0.2) is 0 Å². The molecule has 2 aromatic rings. The highest BCUT2D eigenvalue weighted by Gasteiger charge is 2.19. The Morgan fingerprint density at radius 2 is 1.37 bits per heavy atom. The summed E-state index contributed by atoms with van der Waals surface area (Å²) < 4.78 is 9.95. The fourth-order valence-electron chi connectivity index (χ4n) is 2.68. The van der Waals surface area contributed by atoms with Gasteiger partial charge >= 0.3 is 11.9 Å². The first-order valence-corrected chi connectivity index (χ1v) is 10.6. The molecule has 0 saturated heterocycles. The number of hydrogen-bond acceptors (Lipinski definition) is 8. The number of carbonyl (C=O) groups is 3. The maximum atomic E-state index is 12.8. The average Bonchev–Trinajstić information content (AvgIpc) is 2.73. The number of nitrogens with zero attached hydrogens (tertiary/aromatic N) is 3. The fourth-order valence-corrected chi connectivity index (χ4v) is 2.99. The van der Waals surface area contributed by atoms with Crippen LogP contribution in [-0.4, -0.2) is 58.9 Å². The Morgan fingerprint density at radius 1 is 0.867 bits per heavy atom.